The van der Waals surface area contributed by atoms with E-state index >= 15 is 0 Å². The van der Waals surface area contributed by atoms with Crippen molar-refractivity contribution in [2.45, 2.75) is 13.0 Å². The number of imide groups is 1. The molecule has 6 heteroatoms. The fourth-order valence-corrected chi connectivity index (χ4v) is 4.35. The van der Waals surface area contributed by atoms with Crippen LogP contribution in [0.1, 0.15) is 38.7 Å². The first-order valence-electron chi connectivity index (χ1n) is 8.69. The standard InChI is InChI=1S/C20H19N3O2S/c1-13(18-21-16-9-5-6-10-17(16)26-18)22(2)11-12-23-19(24)14-7-3-4-8-15(14)20(23)25/h3-10,13H,11-12H2,1-2H3/p+1/t13-/m1/s1. The van der Waals surface area contributed by atoms with Crippen LogP contribution >= 0.6 is 11.3 Å². The van der Waals surface area contributed by atoms with Gasteiger partial charge in [-0.25, -0.2) is 4.98 Å². The predicted molar refractivity (Wildman–Crippen MR) is 102 cm³/mol. The average Bonchev–Trinajstić information content (AvgIpc) is 3.20. The third-order valence-corrected chi connectivity index (χ3v) is 6.25. The summed E-state index contributed by atoms with van der Waals surface area (Å²) in [6.45, 7) is 3.23. The number of carbonyl (C=O) groups excluding carboxylic acids is 2. The second kappa shape index (κ2) is 6.63. The first-order valence-corrected chi connectivity index (χ1v) is 9.51. The number of para-hydroxylation sites is 1. The van der Waals surface area contributed by atoms with Gasteiger partial charge in [0.25, 0.3) is 11.8 Å². The second-order valence-electron chi connectivity index (χ2n) is 6.65. The first-order chi connectivity index (χ1) is 12.6. The Kier molecular flexibility index (Phi) is 4.30. The van der Waals surface area contributed by atoms with Gasteiger partial charge in [-0.3, -0.25) is 14.5 Å². The highest BCUT2D eigenvalue weighted by Crippen LogP contribution is 2.25. The van der Waals surface area contributed by atoms with Gasteiger partial charge in [-0.2, -0.15) is 0 Å². The topological polar surface area (TPSA) is 54.7 Å². The van der Waals surface area contributed by atoms with Crippen molar-refractivity contribution >= 4 is 33.4 Å². The summed E-state index contributed by atoms with van der Waals surface area (Å²) in [5.74, 6) is -0.378. The molecule has 0 radical (unpaired) electrons. The minimum Gasteiger partial charge on any atom is -0.328 e. The second-order valence-corrected chi connectivity index (χ2v) is 7.71. The summed E-state index contributed by atoms with van der Waals surface area (Å²) < 4.78 is 1.18. The number of thiazole rings is 1. The summed E-state index contributed by atoms with van der Waals surface area (Å²) in [6, 6.07) is 15.3. The number of hydrogen-bond acceptors (Lipinski definition) is 4. The lowest BCUT2D eigenvalue weighted by molar-refractivity contribution is -0.909. The summed E-state index contributed by atoms with van der Waals surface area (Å²) in [7, 11) is 2.08. The summed E-state index contributed by atoms with van der Waals surface area (Å²) in [5.41, 5.74) is 2.04. The molecule has 1 aromatic heterocycles. The maximum atomic E-state index is 12.5. The van der Waals surface area contributed by atoms with Crippen LogP contribution in [0, 0.1) is 0 Å². The Labute approximate surface area is 155 Å². The van der Waals surface area contributed by atoms with Crippen LogP contribution in [0.5, 0.6) is 0 Å². The van der Waals surface area contributed by atoms with Gasteiger partial charge >= 0.3 is 0 Å². The molecule has 0 bridgehead atoms. The minimum absolute atomic E-state index is 0.189. The molecule has 1 aliphatic heterocycles. The van der Waals surface area contributed by atoms with Crippen molar-refractivity contribution in [3.05, 3.63) is 64.7 Å². The van der Waals surface area contributed by atoms with Crippen LogP contribution in [0.3, 0.4) is 0 Å². The van der Waals surface area contributed by atoms with Gasteiger partial charge in [0.05, 0.1) is 41.5 Å². The maximum Gasteiger partial charge on any atom is 0.261 e. The molecule has 5 nitrogen and oxygen atoms in total. The molecule has 26 heavy (non-hydrogen) atoms. The third-order valence-electron chi connectivity index (χ3n) is 5.03. The highest BCUT2D eigenvalue weighted by molar-refractivity contribution is 7.18. The van der Waals surface area contributed by atoms with Gasteiger partial charge in [0.2, 0.25) is 0 Å². The van der Waals surface area contributed by atoms with Crippen LogP contribution in [0.4, 0.5) is 0 Å². The Morgan fingerprint density at radius 3 is 2.31 bits per heavy atom. The zero-order valence-electron chi connectivity index (χ0n) is 14.7. The first kappa shape index (κ1) is 16.9. The quantitative estimate of drug-likeness (QED) is 0.704. The zero-order valence-corrected chi connectivity index (χ0v) is 15.5. The number of aromatic nitrogens is 1. The van der Waals surface area contributed by atoms with Gasteiger partial charge in [0, 0.05) is 0 Å². The smallest absolute Gasteiger partial charge is 0.261 e. The number of fused-ring (bicyclic) bond motifs is 2. The zero-order chi connectivity index (χ0) is 18.3. The number of likely N-dealkylation sites (N-methyl/N-ethyl adjacent to an activating group) is 1. The van der Waals surface area contributed by atoms with Crippen LogP contribution in [-0.4, -0.2) is 41.8 Å². The molecule has 0 fully saturated rings. The maximum absolute atomic E-state index is 12.5. The number of rotatable bonds is 5. The Morgan fingerprint density at radius 2 is 1.65 bits per heavy atom. The van der Waals surface area contributed by atoms with Gasteiger partial charge < -0.3 is 4.90 Å². The summed E-state index contributed by atoms with van der Waals surface area (Å²) >= 11 is 1.70. The van der Waals surface area contributed by atoms with E-state index in [0.717, 1.165) is 10.5 Å². The largest absolute Gasteiger partial charge is 0.328 e. The van der Waals surface area contributed by atoms with Crippen molar-refractivity contribution in [1.82, 2.24) is 9.88 Å². The van der Waals surface area contributed by atoms with Crippen LogP contribution < -0.4 is 4.90 Å². The molecule has 2 heterocycles. The molecule has 1 unspecified atom stereocenters. The SMILES string of the molecule is C[C@H](c1nc2ccccc2s1)[NH+](C)CCN1C(=O)c2ccccc2C1=O. The molecular weight excluding hydrogens is 346 g/mol. The number of benzene rings is 2. The molecule has 3 aromatic rings. The van der Waals surface area contributed by atoms with E-state index in [9.17, 15) is 9.59 Å². The van der Waals surface area contributed by atoms with E-state index in [1.807, 2.05) is 18.2 Å². The number of nitrogens with zero attached hydrogens (tertiary/aromatic N) is 2. The highest BCUT2D eigenvalue weighted by atomic mass is 32.1. The normalized spacial score (nSPS) is 16.2. The van der Waals surface area contributed by atoms with Crippen molar-refractivity contribution in [1.29, 1.82) is 0 Å². The summed E-state index contributed by atoms with van der Waals surface area (Å²) in [6.07, 6.45) is 0. The average molecular weight is 366 g/mol. The Hall–Kier alpha value is -2.57. The van der Waals surface area contributed by atoms with E-state index in [1.165, 1.54) is 14.5 Å². The number of quaternary nitrogens is 1. The summed E-state index contributed by atoms with van der Waals surface area (Å²) in [5, 5.41) is 1.08. The molecule has 2 aromatic carbocycles. The van der Waals surface area contributed by atoms with Gasteiger partial charge in [0.15, 0.2) is 5.01 Å². The number of carbonyl (C=O) groups is 2. The van der Waals surface area contributed by atoms with E-state index < -0.39 is 0 Å². The van der Waals surface area contributed by atoms with Gasteiger partial charge in [-0.05, 0) is 31.2 Å². The van der Waals surface area contributed by atoms with Crippen molar-refractivity contribution < 1.29 is 14.5 Å². The van der Waals surface area contributed by atoms with Crippen molar-refractivity contribution in [3.8, 4) is 0 Å². The van der Waals surface area contributed by atoms with Crippen molar-refractivity contribution in [2.24, 2.45) is 0 Å². The third kappa shape index (κ3) is 2.81. The molecule has 132 valence electrons. The van der Waals surface area contributed by atoms with Crippen LogP contribution in [0.2, 0.25) is 0 Å². The van der Waals surface area contributed by atoms with Gasteiger partial charge in [-0.1, -0.05) is 24.3 Å². The Bertz CT molecular complexity index is 929. The van der Waals surface area contributed by atoms with Crippen molar-refractivity contribution in [3.63, 3.8) is 0 Å². The number of amides is 2. The monoisotopic (exact) mass is 366 g/mol. The van der Waals surface area contributed by atoms with E-state index in [0.29, 0.717) is 24.2 Å². The lowest BCUT2D eigenvalue weighted by atomic mass is 10.1. The molecular formula is C20H20N3O2S+. The van der Waals surface area contributed by atoms with Gasteiger partial charge in [0.1, 0.15) is 6.04 Å². The Balaban J connectivity index is 1.45. The Morgan fingerprint density at radius 1 is 1.04 bits per heavy atom. The fourth-order valence-electron chi connectivity index (χ4n) is 3.23. The lowest BCUT2D eigenvalue weighted by Gasteiger charge is -2.22. The predicted octanol–water partition coefficient (Wildman–Crippen LogP) is 2.17. The van der Waals surface area contributed by atoms with Crippen molar-refractivity contribution in [2.75, 3.05) is 20.1 Å². The van der Waals surface area contributed by atoms with Crippen LogP contribution in [0.15, 0.2) is 48.5 Å². The van der Waals surface area contributed by atoms with E-state index in [-0.39, 0.29) is 17.9 Å². The van der Waals surface area contributed by atoms with Gasteiger partial charge in [-0.15, -0.1) is 11.3 Å². The molecule has 2 atom stereocenters. The van der Waals surface area contributed by atoms with Crippen LogP contribution in [-0.2, 0) is 0 Å². The molecule has 0 aliphatic carbocycles. The lowest BCUT2D eigenvalue weighted by Crippen LogP contribution is -3.09. The highest BCUT2D eigenvalue weighted by Gasteiger charge is 2.35. The van der Waals surface area contributed by atoms with E-state index in [2.05, 4.69) is 20.0 Å². The fraction of sp³-hybridized carbons (Fsp3) is 0.250. The van der Waals surface area contributed by atoms with Crippen LogP contribution in [0.25, 0.3) is 10.2 Å². The molecule has 1 N–H and O–H groups in total. The molecule has 4 rings (SSSR count). The molecule has 2 amide bonds. The minimum atomic E-state index is -0.189. The molecule has 1 aliphatic rings. The van der Waals surface area contributed by atoms with E-state index in [4.69, 9.17) is 4.98 Å². The van der Waals surface area contributed by atoms with E-state index in [1.54, 1.807) is 35.6 Å². The summed E-state index contributed by atoms with van der Waals surface area (Å²) in [4.78, 5) is 32.2. The molecule has 0 spiro atoms. The number of nitrogens with one attached hydrogen (secondary N) is 1. The molecule has 0 saturated carbocycles. The molecule has 0 saturated heterocycles. The number of hydrogen-bond donors (Lipinski definition) is 1.